The van der Waals surface area contributed by atoms with Gasteiger partial charge in [-0.1, -0.05) is 13.0 Å². The Morgan fingerprint density at radius 1 is 1.45 bits per heavy atom. The lowest BCUT2D eigenvalue weighted by Gasteiger charge is -2.20. The van der Waals surface area contributed by atoms with Crippen LogP contribution >= 0.6 is 11.8 Å². The van der Waals surface area contributed by atoms with E-state index in [1.165, 1.54) is 31.1 Å². The van der Waals surface area contributed by atoms with Gasteiger partial charge in [-0.2, -0.15) is 11.8 Å². The number of benzene rings is 1. The number of ether oxygens (including phenoxy) is 1. The molecule has 0 radical (unpaired) electrons. The van der Waals surface area contributed by atoms with Gasteiger partial charge >= 0.3 is 0 Å². The lowest BCUT2D eigenvalue weighted by Crippen LogP contribution is -2.30. The van der Waals surface area contributed by atoms with Crippen LogP contribution in [0.3, 0.4) is 0 Å². The van der Waals surface area contributed by atoms with E-state index in [9.17, 15) is 4.39 Å². The van der Waals surface area contributed by atoms with E-state index < -0.39 is 0 Å². The quantitative estimate of drug-likeness (QED) is 0.852. The summed E-state index contributed by atoms with van der Waals surface area (Å²) in [4.78, 5) is 0. The van der Waals surface area contributed by atoms with Crippen molar-refractivity contribution in [1.29, 1.82) is 0 Å². The van der Waals surface area contributed by atoms with Gasteiger partial charge in [0, 0.05) is 29.0 Å². The van der Waals surface area contributed by atoms with Crippen LogP contribution in [0, 0.1) is 5.82 Å². The molecule has 3 unspecified atom stereocenters. The highest BCUT2D eigenvalue weighted by Crippen LogP contribution is 2.31. The third-order valence-electron chi connectivity index (χ3n) is 3.95. The van der Waals surface area contributed by atoms with Crippen molar-refractivity contribution in [1.82, 2.24) is 5.32 Å². The summed E-state index contributed by atoms with van der Waals surface area (Å²) in [5, 5.41) is 4.34. The summed E-state index contributed by atoms with van der Waals surface area (Å²) < 4.78 is 19.1. The van der Waals surface area contributed by atoms with Gasteiger partial charge in [0.15, 0.2) is 0 Å². The van der Waals surface area contributed by atoms with E-state index in [-0.39, 0.29) is 11.9 Å². The molecule has 3 atom stereocenters. The fourth-order valence-corrected chi connectivity index (χ4v) is 4.05. The first-order chi connectivity index (χ1) is 9.63. The van der Waals surface area contributed by atoms with Gasteiger partial charge in [-0.15, -0.1) is 0 Å². The minimum Gasteiger partial charge on any atom is -0.497 e. The van der Waals surface area contributed by atoms with E-state index in [1.54, 1.807) is 7.11 Å². The molecule has 0 spiro atoms. The molecule has 1 aliphatic carbocycles. The minimum atomic E-state index is -0.193. The molecule has 0 heterocycles. The Kier molecular flexibility index (Phi) is 5.73. The van der Waals surface area contributed by atoms with Crippen LogP contribution in [0.5, 0.6) is 5.75 Å². The van der Waals surface area contributed by atoms with Crippen molar-refractivity contribution in [2.45, 2.75) is 50.4 Å². The van der Waals surface area contributed by atoms with E-state index in [4.69, 9.17) is 4.74 Å². The van der Waals surface area contributed by atoms with E-state index >= 15 is 0 Å². The molecular weight excluding hydrogens is 273 g/mol. The van der Waals surface area contributed by atoms with Crippen LogP contribution in [0.1, 0.15) is 44.7 Å². The van der Waals surface area contributed by atoms with E-state index in [1.807, 2.05) is 30.8 Å². The summed E-state index contributed by atoms with van der Waals surface area (Å²) in [7, 11) is 1.56. The SMILES string of the molecule is CCSC1CCC(NC(C)c2ccc(OC)cc2F)C1. The highest BCUT2D eigenvalue weighted by molar-refractivity contribution is 7.99. The molecule has 2 rings (SSSR count). The molecule has 0 saturated heterocycles. The monoisotopic (exact) mass is 297 g/mol. The van der Waals surface area contributed by atoms with Gasteiger partial charge in [0.05, 0.1) is 7.11 Å². The van der Waals surface area contributed by atoms with Gasteiger partial charge in [0.2, 0.25) is 0 Å². The minimum absolute atomic E-state index is 0.0382. The maximum absolute atomic E-state index is 14.0. The predicted octanol–water partition coefficient (Wildman–Crippen LogP) is 4.16. The van der Waals surface area contributed by atoms with Gasteiger partial charge in [0.25, 0.3) is 0 Å². The number of hydrogen-bond acceptors (Lipinski definition) is 3. The third-order valence-corrected chi connectivity index (χ3v) is 5.18. The van der Waals surface area contributed by atoms with Crippen molar-refractivity contribution in [3.05, 3.63) is 29.6 Å². The maximum Gasteiger partial charge on any atom is 0.131 e. The Morgan fingerprint density at radius 2 is 2.25 bits per heavy atom. The first-order valence-electron chi connectivity index (χ1n) is 7.35. The summed E-state index contributed by atoms with van der Waals surface area (Å²) in [5.74, 6) is 1.56. The molecule has 20 heavy (non-hydrogen) atoms. The number of nitrogens with one attached hydrogen (secondary N) is 1. The molecule has 112 valence electrons. The first kappa shape index (κ1) is 15.6. The molecule has 1 aliphatic rings. The molecule has 1 aromatic rings. The summed E-state index contributed by atoms with van der Waals surface area (Å²) >= 11 is 2.04. The Bertz CT molecular complexity index is 440. The van der Waals surface area contributed by atoms with Crippen molar-refractivity contribution in [2.75, 3.05) is 12.9 Å². The third kappa shape index (κ3) is 3.89. The van der Waals surface area contributed by atoms with Crippen molar-refractivity contribution in [3.63, 3.8) is 0 Å². The molecule has 1 aromatic carbocycles. The van der Waals surface area contributed by atoms with Crippen molar-refractivity contribution in [3.8, 4) is 5.75 Å². The second kappa shape index (κ2) is 7.32. The highest BCUT2D eigenvalue weighted by Gasteiger charge is 2.26. The standard InChI is InChI=1S/C16H24FNOS/c1-4-20-14-7-5-12(9-14)18-11(2)15-8-6-13(19-3)10-16(15)17/h6,8,10-12,14,18H,4-5,7,9H2,1-3H3. The zero-order valence-corrected chi connectivity index (χ0v) is 13.3. The van der Waals surface area contributed by atoms with Gasteiger partial charge in [0.1, 0.15) is 11.6 Å². The van der Waals surface area contributed by atoms with Gasteiger partial charge in [-0.3, -0.25) is 0 Å². The molecule has 0 bridgehead atoms. The van der Waals surface area contributed by atoms with Gasteiger partial charge in [-0.25, -0.2) is 4.39 Å². The molecule has 1 N–H and O–H groups in total. The summed E-state index contributed by atoms with van der Waals surface area (Å²) in [6, 6.07) is 5.64. The summed E-state index contributed by atoms with van der Waals surface area (Å²) in [6.45, 7) is 4.24. The Hall–Kier alpha value is -0.740. The molecule has 1 saturated carbocycles. The maximum atomic E-state index is 14.0. The van der Waals surface area contributed by atoms with Gasteiger partial charge in [-0.05, 0) is 38.0 Å². The topological polar surface area (TPSA) is 21.3 Å². The Balaban J connectivity index is 1.93. The molecule has 0 amide bonds. The smallest absolute Gasteiger partial charge is 0.131 e. The van der Waals surface area contributed by atoms with Crippen LogP contribution < -0.4 is 10.1 Å². The van der Waals surface area contributed by atoms with E-state index in [0.717, 1.165) is 10.8 Å². The number of rotatable bonds is 6. The average molecular weight is 297 g/mol. The normalized spacial score (nSPS) is 23.8. The number of hydrogen-bond donors (Lipinski definition) is 1. The molecule has 1 fully saturated rings. The highest BCUT2D eigenvalue weighted by atomic mass is 32.2. The Morgan fingerprint density at radius 3 is 2.90 bits per heavy atom. The van der Waals surface area contributed by atoms with Crippen LogP contribution in [0.15, 0.2) is 18.2 Å². The lowest BCUT2D eigenvalue weighted by atomic mass is 10.1. The van der Waals surface area contributed by atoms with Crippen LogP contribution in [-0.4, -0.2) is 24.2 Å². The fraction of sp³-hybridized carbons (Fsp3) is 0.625. The second-order valence-electron chi connectivity index (χ2n) is 5.36. The zero-order chi connectivity index (χ0) is 14.5. The van der Waals surface area contributed by atoms with Crippen LogP contribution in [-0.2, 0) is 0 Å². The van der Waals surface area contributed by atoms with Crippen molar-refractivity contribution >= 4 is 11.8 Å². The second-order valence-corrected chi connectivity index (χ2v) is 6.94. The fourth-order valence-electron chi connectivity index (χ4n) is 2.91. The van der Waals surface area contributed by atoms with Gasteiger partial charge < -0.3 is 10.1 Å². The largest absolute Gasteiger partial charge is 0.497 e. The Labute approximate surface area is 125 Å². The summed E-state index contributed by atoms with van der Waals surface area (Å²) in [6.07, 6.45) is 3.66. The molecular formula is C16H24FNOS. The molecule has 0 aromatic heterocycles. The van der Waals surface area contributed by atoms with Crippen LogP contribution in [0.25, 0.3) is 0 Å². The lowest BCUT2D eigenvalue weighted by molar-refractivity contribution is 0.407. The predicted molar refractivity (Wildman–Crippen MR) is 84.1 cm³/mol. The first-order valence-corrected chi connectivity index (χ1v) is 8.40. The molecule has 2 nitrogen and oxygen atoms in total. The zero-order valence-electron chi connectivity index (χ0n) is 12.5. The van der Waals surface area contributed by atoms with Crippen molar-refractivity contribution < 1.29 is 9.13 Å². The van der Waals surface area contributed by atoms with Crippen molar-refractivity contribution in [2.24, 2.45) is 0 Å². The van der Waals surface area contributed by atoms with Crippen LogP contribution in [0.2, 0.25) is 0 Å². The number of thioether (sulfide) groups is 1. The molecule has 4 heteroatoms. The average Bonchev–Trinajstić information content (AvgIpc) is 2.86. The van der Waals surface area contributed by atoms with E-state index in [2.05, 4.69) is 12.2 Å². The number of halogens is 1. The van der Waals surface area contributed by atoms with E-state index in [0.29, 0.717) is 11.8 Å². The number of methoxy groups -OCH3 is 1. The molecule has 0 aliphatic heterocycles. The summed E-state index contributed by atoms with van der Waals surface area (Å²) in [5.41, 5.74) is 0.720. The van der Waals surface area contributed by atoms with Crippen LogP contribution in [0.4, 0.5) is 4.39 Å².